The van der Waals surface area contributed by atoms with Crippen molar-refractivity contribution in [1.29, 1.82) is 0 Å². The number of hydrogen-bond donors (Lipinski definition) is 1. The van der Waals surface area contributed by atoms with Crippen molar-refractivity contribution >= 4 is 44.9 Å². The molecule has 35 heavy (non-hydrogen) atoms. The number of fused-ring (bicyclic) bond motifs is 1. The first-order chi connectivity index (χ1) is 17.1. The first kappa shape index (κ1) is 23.3. The molecule has 1 N–H and O–H groups in total. The van der Waals surface area contributed by atoms with Gasteiger partial charge in [0.1, 0.15) is 0 Å². The monoisotopic (exact) mass is 499 g/mol. The predicted molar refractivity (Wildman–Crippen MR) is 144 cm³/mol. The van der Waals surface area contributed by atoms with Gasteiger partial charge in [0.25, 0.3) is 0 Å². The molecule has 0 saturated carbocycles. The molecule has 3 aromatic carbocycles. The number of amides is 1. The van der Waals surface area contributed by atoms with Gasteiger partial charge in [-0.25, -0.2) is 4.98 Å². The van der Waals surface area contributed by atoms with Gasteiger partial charge < -0.3 is 9.88 Å². The number of carbonyl (C=O) groups is 1. The summed E-state index contributed by atoms with van der Waals surface area (Å²) in [4.78, 5) is 17.3. The Morgan fingerprint density at radius 2 is 1.77 bits per heavy atom. The topological polar surface area (TPSA) is 72.7 Å². The standard InChI is InChI=1S/C27H25N5OS2/c1-3-32-26(21-9-5-4-8-18(21)2)30-31-27(32)34-17-24(33)28-20-14-12-19(13-15-20)16-25-29-22-10-6-7-11-23(22)35-25/h4-15H,3,16-17H2,1-2H3,(H,28,33). The Labute approximate surface area is 212 Å². The lowest BCUT2D eigenvalue weighted by molar-refractivity contribution is -0.113. The second-order valence-electron chi connectivity index (χ2n) is 8.15. The van der Waals surface area contributed by atoms with Gasteiger partial charge in [-0.2, -0.15) is 0 Å². The van der Waals surface area contributed by atoms with Crippen LogP contribution in [0.2, 0.25) is 0 Å². The van der Waals surface area contributed by atoms with E-state index in [9.17, 15) is 4.79 Å². The molecular formula is C27H25N5OS2. The van der Waals surface area contributed by atoms with Crippen molar-refractivity contribution in [1.82, 2.24) is 19.7 Å². The van der Waals surface area contributed by atoms with E-state index in [4.69, 9.17) is 4.98 Å². The van der Waals surface area contributed by atoms with E-state index in [1.165, 1.54) is 16.5 Å². The lowest BCUT2D eigenvalue weighted by atomic mass is 10.1. The Kier molecular flexibility index (Phi) is 6.92. The van der Waals surface area contributed by atoms with Crippen LogP contribution in [0.15, 0.2) is 78.0 Å². The molecular weight excluding hydrogens is 474 g/mol. The zero-order valence-electron chi connectivity index (χ0n) is 19.6. The molecule has 8 heteroatoms. The highest BCUT2D eigenvalue weighted by molar-refractivity contribution is 7.99. The minimum atomic E-state index is -0.0722. The minimum absolute atomic E-state index is 0.0722. The molecule has 0 spiro atoms. The van der Waals surface area contributed by atoms with Crippen LogP contribution in [0.5, 0.6) is 0 Å². The van der Waals surface area contributed by atoms with Gasteiger partial charge in [0.05, 0.1) is 21.0 Å². The number of para-hydroxylation sites is 1. The summed E-state index contributed by atoms with van der Waals surface area (Å²) < 4.78 is 3.26. The maximum atomic E-state index is 12.6. The van der Waals surface area contributed by atoms with Gasteiger partial charge in [0.2, 0.25) is 5.91 Å². The van der Waals surface area contributed by atoms with Crippen molar-refractivity contribution < 1.29 is 4.79 Å². The molecule has 0 aliphatic carbocycles. The summed E-state index contributed by atoms with van der Waals surface area (Å²) in [6.45, 7) is 4.86. The number of rotatable bonds is 8. The molecule has 5 rings (SSSR count). The van der Waals surface area contributed by atoms with Crippen LogP contribution in [-0.2, 0) is 17.8 Å². The van der Waals surface area contributed by atoms with Crippen LogP contribution >= 0.6 is 23.1 Å². The van der Waals surface area contributed by atoms with Gasteiger partial charge in [-0.15, -0.1) is 21.5 Å². The number of nitrogens with zero attached hydrogens (tertiary/aromatic N) is 4. The van der Waals surface area contributed by atoms with E-state index in [-0.39, 0.29) is 11.7 Å². The van der Waals surface area contributed by atoms with E-state index in [0.29, 0.717) is 0 Å². The number of aryl methyl sites for hydroxylation is 1. The summed E-state index contributed by atoms with van der Waals surface area (Å²) in [5.74, 6) is 1.02. The first-order valence-corrected chi connectivity index (χ1v) is 13.3. The average Bonchev–Trinajstić information content (AvgIpc) is 3.47. The van der Waals surface area contributed by atoms with Crippen LogP contribution in [0.3, 0.4) is 0 Å². The van der Waals surface area contributed by atoms with Crippen molar-refractivity contribution in [2.24, 2.45) is 0 Å². The first-order valence-electron chi connectivity index (χ1n) is 11.5. The second-order valence-corrected chi connectivity index (χ2v) is 10.2. The maximum Gasteiger partial charge on any atom is 0.234 e. The lowest BCUT2D eigenvalue weighted by Crippen LogP contribution is -2.14. The van der Waals surface area contributed by atoms with Gasteiger partial charge >= 0.3 is 0 Å². The molecule has 0 aliphatic rings. The summed E-state index contributed by atoms with van der Waals surface area (Å²) in [6.07, 6.45) is 0.777. The number of carbonyl (C=O) groups excluding carboxylic acids is 1. The molecule has 0 radical (unpaired) electrons. The van der Waals surface area contributed by atoms with E-state index >= 15 is 0 Å². The van der Waals surface area contributed by atoms with Crippen molar-refractivity contribution in [2.75, 3.05) is 11.1 Å². The Balaban J connectivity index is 1.19. The fraction of sp³-hybridized carbons (Fsp3) is 0.185. The molecule has 0 aliphatic heterocycles. The number of thioether (sulfide) groups is 1. The van der Waals surface area contributed by atoms with Gasteiger partial charge in [0.15, 0.2) is 11.0 Å². The Hall–Kier alpha value is -3.49. The molecule has 1 amide bonds. The molecule has 0 fully saturated rings. The van der Waals surface area contributed by atoms with Crippen LogP contribution in [-0.4, -0.2) is 31.4 Å². The Morgan fingerprint density at radius 3 is 2.54 bits per heavy atom. The number of thiazole rings is 1. The zero-order chi connectivity index (χ0) is 24.2. The van der Waals surface area contributed by atoms with Gasteiger partial charge in [0, 0.05) is 24.2 Å². The number of benzene rings is 3. The van der Waals surface area contributed by atoms with Crippen LogP contribution < -0.4 is 5.32 Å². The fourth-order valence-electron chi connectivity index (χ4n) is 3.91. The van der Waals surface area contributed by atoms with E-state index in [0.717, 1.165) is 56.8 Å². The van der Waals surface area contributed by atoms with Crippen LogP contribution in [0.25, 0.3) is 21.6 Å². The van der Waals surface area contributed by atoms with Gasteiger partial charge in [-0.1, -0.05) is 60.3 Å². The molecule has 6 nitrogen and oxygen atoms in total. The van der Waals surface area contributed by atoms with Crippen molar-refractivity contribution in [3.63, 3.8) is 0 Å². The summed E-state index contributed by atoms with van der Waals surface area (Å²) in [5, 5.41) is 13.5. The smallest absolute Gasteiger partial charge is 0.234 e. The molecule has 5 aromatic rings. The predicted octanol–water partition coefficient (Wildman–Crippen LogP) is 6.20. The van der Waals surface area contributed by atoms with Crippen molar-refractivity contribution in [3.8, 4) is 11.4 Å². The molecule has 176 valence electrons. The number of aromatic nitrogens is 4. The van der Waals surface area contributed by atoms with Crippen molar-refractivity contribution in [3.05, 3.63) is 88.9 Å². The van der Waals surface area contributed by atoms with E-state index in [1.54, 1.807) is 11.3 Å². The van der Waals surface area contributed by atoms with Gasteiger partial charge in [-0.05, 0) is 49.2 Å². The highest BCUT2D eigenvalue weighted by atomic mass is 32.2. The highest BCUT2D eigenvalue weighted by Crippen LogP contribution is 2.27. The fourth-order valence-corrected chi connectivity index (χ4v) is 5.71. The van der Waals surface area contributed by atoms with Crippen LogP contribution in [0.1, 0.15) is 23.1 Å². The third-order valence-corrected chi connectivity index (χ3v) is 7.69. The molecule has 0 unspecified atom stereocenters. The summed E-state index contributed by atoms with van der Waals surface area (Å²) >= 11 is 3.12. The third-order valence-electron chi connectivity index (χ3n) is 5.68. The number of hydrogen-bond acceptors (Lipinski definition) is 6. The zero-order valence-corrected chi connectivity index (χ0v) is 21.2. The maximum absolute atomic E-state index is 12.6. The van der Waals surface area contributed by atoms with Crippen LogP contribution in [0.4, 0.5) is 5.69 Å². The summed E-state index contributed by atoms with van der Waals surface area (Å²) in [5.41, 5.74) is 5.19. The largest absolute Gasteiger partial charge is 0.325 e. The SMILES string of the molecule is CCn1c(SCC(=O)Nc2ccc(Cc3nc4ccccc4s3)cc2)nnc1-c1ccccc1C. The van der Waals surface area contributed by atoms with E-state index in [1.807, 2.05) is 60.7 Å². The minimum Gasteiger partial charge on any atom is -0.325 e. The van der Waals surface area contributed by atoms with E-state index < -0.39 is 0 Å². The Bertz CT molecular complexity index is 1440. The molecule has 0 bridgehead atoms. The second kappa shape index (κ2) is 10.4. The number of anilines is 1. The average molecular weight is 500 g/mol. The summed E-state index contributed by atoms with van der Waals surface area (Å²) in [6, 6.07) is 24.3. The molecule has 0 atom stereocenters. The highest BCUT2D eigenvalue weighted by Gasteiger charge is 2.16. The molecule has 0 saturated heterocycles. The normalized spacial score (nSPS) is 11.1. The van der Waals surface area contributed by atoms with Crippen LogP contribution in [0, 0.1) is 6.92 Å². The van der Waals surface area contributed by atoms with E-state index in [2.05, 4.69) is 46.1 Å². The van der Waals surface area contributed by atoms with Gasteiger partial charge in [-0.3, -0.25) is 4.79 Å². The molecule has 2 heterocycles. The quantitative estimate of drug-likeness (QED) is 0.257. The third kappa shape index (κ3) is 5.28. The molecule has 2 aromatic heterocycles. The summed E-state index contributed by atoms with van der Waals surface area (Å²) in [7, 11) is 0. The van der Waals surface area contributed by atoms with Crippen molar-refractivity contribution in [2.45, 2.75) is 32.0 Å². The Morgan fingerprint density at radius 1 is 1.00 bits per heavy atom. The lowest BCUT2D eigenvalue weighted by Gasteiger charge is -2.09. The number of nitrogens with one attached hydrogen (secondary N) is 1.